The molecule has 1 aliphatic heterocycles. The third-order valence-corrected chi connectivity index (χ3v) is 6.98. The Balaban J connectivity index is 1.96. The maximum atomic E-state index is 11.4. The minimum atomic E-state index is -3.63. The van der Waals surface area contributed by atoms with Crippen molar-refractivity contribution >= 4 is 33.5 Å². The Morgan fingerprint density at radius 3 is 2.90 bits per heavy atom. The molecule has 20 heavy (non-hydrogen) atoms. The van der Waals surface area contributed by atoms with E-state index in [0.29, 0.717) is 5.25 Å². The molecule has 0 saturated carbocycles. The average molecular weight is 333 g/mol. The molecule has 2 rings (SSSR count). The number of nitrogens with two attached hydrogens (primary N) is 1. The van der Waals surface area contributed by atoms with Crippen molar-refractivity contribution in [1.82, 2.24) is 5.32 Å². The molecule has 1 saturated heterocycles. The zero-order valence-electron chi connectivity index (χ0n) is 11.4. The fourth-order valence-electron chi connectivity index (χ4n) is 2.04. The van der Waals surface area contributed by atoms with Crippen LogP contribution in [-0.2, 0) is 10.0 Å². The van der Waals surface area contributed by atoms with Crippen LogP contribution in [0.4, 0.5) is 0 Å². The third kappa shape index (κ3) is 4.66. The molecule has 112 valence electrons. The van der Waals surface area contributed by atoms with Crippen molar-refractivity contribution in [1.29, 1.82) is 0 Å². The van der Waals surface area contributed by atoms with Crippen LogP contribution < -0.4 is 10.5 Å². The number of thioether (sulfide) groups is 2. The van der Waals surface area contributed by atoms with Gasteiger partial charge in [0.15, 0.2) is 0 Å². The summed E-state index contributed by atoms with van der Waals surface area (Å²) >= 11 is 4.01. The van der Waals surface area contributed by atoms with Crippen LogP contribution in [0.5, 0.6) is 0 Å². The van der Waals surface area contributed by atoms with Crippen molar-refractivity contribution in [2.45, 2.75) is 23.1 Å². The smallest absolute Gasteiger partial charge is 0.238 e. The summed E-state index contributed by atoms with van der Waals surface area (Å²) in [5.74, 6) is 3.64. The quantitative estimate of drug-likeness (QED) is 0.861. The van der Waals surface area contributed by atoms with E-state index in [1.54, 1.807) is 12.1 Å². The summed E-state index contributed by atoms with van der Waals surface area (Å²) in [6.45, 7) is 2.99. The lowest BCUT2D eigenvalue weighted by Gasteiger charge is -2.23. The summed E-state index contributed by atoms with van der Waals surface area (Å²) in [7, 11) is -3.63. The van der Waals surface area contributed by atoms with Crippen LogP contribution in [0.3, 0.4) is 0 Å². The summed E-state index contributed by atoms with van der Waals surface area (Å²) in [4.78, 5) is 0.172. The molecular weight excluding hydrogens is 312 g/mol. The Labute approximate surface area is 129 Å². The van der Waals surface area contributed by atoms with Crippen molar-refractivity contribution in [2.75, 3.05) is 23.8 Å². The third-order valence-electron chi connectivity index (χ3n) is 3.22. The zero-order valence-corrected chi connectivity index (χ0v) is 13.9. The van der Waals surface area contributed by atoms with Crippen LogP contribution >= 0.6 is 23.5 Å². The van der Waals surface area contributed by atoms with Gasteiger partial charge < -0.3 is 5.32 Å². The molecule has 1 aromatic carbocycles. The molecule has 0 amide bonds. The Hall–Kier alpha value is -0.210. The Morgan fingerprint density at radius 1 is 1.45 bits per heavy atom. The molecule has 2 unspecified atom stereocenters. The molecule has 1 aromatic rings. The summed E-state index contributed by atoms with van der Waals surface area (Å²) < 4.78 is 22.7. The summed E-state index contributed by atoms with van der Waals surface area (Å²) in [6.07, 6.45) is 0. The number of sulfonamides is 1. The van der Waals surface area contributed by atoms with Gasteiger partial charge >= 0.3 is 0 Å². The van der Waals surface area contributed by atoms with Gasteiger partial charge in [-0.15, -0.1) is 0 Å². The topological polar surface area (TPSA) is 72.2 Å². The number of hydrogen-bond acceptors (Lipinski definition) is 5. The number of nitrogens with one attached hydrogen (secondary N) is 1. The first-order valence-electron chi connectivity index (χ1n) is 6.52. The van der Waals surface area contributed by atoms with E-state index in [1.165, 1.54) is 23.3 Å². The van der Waals surface area contributed by atoms with E-state index in [4.69, 9.17) is 5.14 Å². The maximum Gasteiger partial charge on any atom is 0.238 e. The van der Waals surface area contributed by atoms with E-state index >= 15 is 0 Å². The molecule has 1 aliphatic rings. The number of hydrogen-bond donors (Lipinski definition) is 2. The fourth-order valence-corrected chi connectivity index (χ4v) is 5.23. The van der Waals surface area contributed by atoms with Gasteiger partial charge in [0.25, 0.3) is 0 Å². The molecular formula is C13H20N2O2S3. The van der Waals surface area contributed by atoms with Crippen LogP contribution in [0.2, 0.25) is 0 Å². The first-order chi connectivity index (χ1) is 9.47. The van der Waals surface area contributed by atoms with Crippen LogP contribution in [0, 0.1) is 0 Å². The lowest BCUT2D eigenvalue weighted by Crippen LogP contribution is -2.30. The van der Waals surface area contributed by atoms with Gasteiger partial charge in [-0.2, -0.15) is 23.5 Å². The van der Waals surface area contributed by atoms with Crippen molar-refractivity contribution in [3.8, 4) is 0 Å². The molecule has 1 heterocycles. The highest BCUT2D eigenvalue weighted by atomic mass is 32.2. The van der Waals surface area contributed by atoms with E-state index in [1.807, 2.05) is 36.5 Å². The van der Waals surface area contributed by atoms with Crippen molar-refractivity contribution in [2.24, 2.45) is 5.14 Å². The van der Waals surface area contributed by atoms with Crippen LogP contribution in [0.1, 0.15) is 18.5 Å². The van der Waals surface area contributed by atoms with Gasteiger partial charge in [-0.25, -0.2) is 13.6 Å². The van der Waals surface area contributed by atoms with Gasteiger partial charge in [0, 0.05) is 35.1 Å². The second kappa shape index (κ2) is 7.17. The highest BCUT2D eigenvalue weighted by molar-refractivity contribution is 8.06. The molecule has 3 N–H and O–H groups in total. The van der Waals surface area contributed by atoms with Gasteiger partial charge in [-0.05, 0) is 24.6 Å². The summed E-state index contributed by atoms with van der Waals surface area (Å²) in [5, 5.41) is 9.28. The van der Waals surface area contributed by atoms with Crippen LogP contribution in [0.25, 0.3) is 0 Å². The van der Waals surface area contributed by atoms with E-state index in [-0.39, 0.29) is 10.9 Å². The van der Waals surface area contributed by atoms with E-state index in [9.17, 15) is 8.42 Å². The summed E-state index contributed by atoms with van der Waals surface area (Å²) in [6, 6.07) is 6.95. The molecule has 2 atom stereocenters. The van der Waals surface area contributed by atoms with Crippen molar-refractivity contribution in [3.05, 3.63) is 29.8 Å². The monoisotopic (exact) mass is 332 g/mol. The standard InChI is InChI=1S/C13H20N2O2S3/c1-10(15-8-12-9-18-5-6-19-12)11-3-2-4-13(7-11)20(14,16)17/h2-4,7,10,12,15H,5-6,8-9H2,1H3,(H2,14,16,17). The fraction of sp³-hybridized carbons (Fsp3) is 0.538. The SMILES string of the molecule is CC(NCC1CSCCS1)c1cccc(S(N)(=O)=O)c1. The van der Waals surface area contributed by atoms with Gasteiger partial charge in [0.2, 0.25) is 10.0 Å². The minimum absolute atomic E-state index is 0.115. The Bertz CT molecular complexity index is 542. The minimum Gasteiger partial charge on any atom is -0.309 e. The summed E-state index contributed by atoms with van der Waals surface area (Å²) in [5.41, 5.74) is 0.949. The number of primary sulfonamides is 1. The van der Waals surface area contributed by atoms with Gasteiger partial charge in [-0.1, -0.05) is 12.1 Å². The van der Waals surface area contributed by atoms with Gasteiger partial charge in [0.1, 0.15) is 0 Å². The average Bonchev–Trinajstić information content (AvgIpc) is 2.45. The van der Waals surface area contributed by atoms with Gasteiger partial charge in [-0.3, -0.25) is 0 Å². The molecule has 1 fully saturated rings. The second-order valence-electron chi connectivity index (χ2n) is 4.82. The normalized spacial score (nSPS) is 21.6. The maximum absolute atomic E-state index is 11.4. The molecule has 0 aliphatic carbocycles. The Kier molecular flexibility index (Phi) is 5.80. The molecule has 7 heteroatoms. The predicted octanol–water partition coefficient (Wildman–Crippen LogP) is 1.83. The highest BCUT2D eigenvalue weighted by Crippen LogP contribution is 2.24. The molecule has 0 aromatic heterocycles. The number of rotatable bonds is 5. The second-order valence-corrected chi connectivity index (χ2v) is 8.93. The molecule has 0 radical (unpaired) electrons. The van der Waals surface area contributed by atoms with E-state index in [2.05, 4.69) is 5.32 Å². The number of benzene rings is 1. The highest BCUT2D eigenvalue weighted by Gasteiger charge is 2.16. The van der Waals surface area contributed by atoms with Crippen LogP contribution in [-0.4, -0.2) is 37.5 Å². The Morgan fingerprint density at radius 2 is 2.25 bits per heavy atom. The van der Waals surface area contributed by atoms with E-state index < -0.39 is 10.0 Å². The first-order valence-corrected chi connectivity index (χ1v) is 10.3. The van der Waals surface area contributed by atoms with E-state index in [0.717, 1.165) is 12.1 Å². The van der Waals surface area contributed by atoms with Crippen molar-refractivity contribution in [3.63, 3.8) is 0 Å². The molecule has 0 spiro atoms. The predicted molar refractivity (Wildman–Crippen MR) is 87.8 cm³/mol. The molecule has 4 nitrogen and oxygen atoms in total. The first kappa shape index (κ1) is 16.2. The largest absolute Gasteiger partial charge is 0.309 e. The lowest BCUT2D eigenvalue weighted by atomic mass is 10.1. The van der Waals surface area contributed by atoms with Crippen LogP contribution in [0.15, 0.2) is 29.2 Å². The van der Waals surface area contributed by atoms with Gasteiger partial charge in [0.05, 0.1) is 4.90 Å². The zero-order chi connectivity index (χ0) is 14.6. The van der Waals surface area contributed by atoms with Crippen molar-refractivity contribution < 1.29 is 8.42 Å². The lowest BCUT2D eigenvalue weighted by molar-refractivity contribution is 0.574. The molecule has 0 bridgehead atoms.